The molecule has 3 aromatic heterocycles. The van der Waals surface area contributed by atoms with Crippen molar-refractivity contribution in [1.29, 1.82) is 0 Å². The van der Waals surface area contributed by atoms with Crippen molar-refractivity contribution < 1.29 is 27.6 Å². The molecule has 1 fully saturated rings. The number of anilines is 1. The Morgan fingerprint density at radius 2 is 2.09 bits per heavy atom. The number of hydrogen-bond donors (Lipinski definition) is 4. The molecule has 10 nitrogen and oxygen atoms in total. The molecule has 4 atom stereocenters. The average Bonchev–Trinajstić information content (AvgIpc) is 3.49. The number of aliphatic hydroxyl groups excluding tert-OH is 2. The van der Waals surface area contributed by atoms with E-state index in [1.165, 1.54) is 29.9 Å². The van der Waals surface area contributed by atoms with Crippen molar-refractivity contribution in [2.45, 2.75) is 31.1 Å². The molecule has 35 heavy (non-hydrogen) atoms. The Balaban J connectivity index is 1.50. The second-order valence-corrected chi connectivity index (χ2v) is 12.5. The smallest absolute Gasteiger partial charge is 0.333 e. The summed E-state index contributed by atoms with van der Waals surface area (Å²) in [5.74, 6) is -0.597. The second-order valence-electron chi connectivity index (χ2n) is 7.92. The molecule has 1 saturated carbocycles. The monoisotopic (exact) mass is 578 g/mol. The lowest BCUT2D eigenvalue weighted by Gasteiger charge is -2.15. The lowest BCUT2D eigenvalue weighted by molar-refractivity contribution is 0.101. The van der Waals surface area contributed by atoms with Gasteiger partial charge in [0.15, 0.2) is 0 Å². The number of carbonyl (C=O) groups is 1. The van der Waals surface area contributed by atoms with Gasteiger partial charge in [0.25, 0.3) is 0 Å². The van der Waals surface area contributed by atoms with Crippen LogP contribution in [0.2, 0.25) is 8.67 Å². The van der Waals surface area contributed by atoms with Gasteiger partial charge in [-0.15, -0.1) is 22.7 Å². The highest BCUT2D eigenvalue weighted by Gasteiger charge is 2.35. The molecule has 0 aromatic carbocycles. The van der Waals surface area contributed by atoms with Gasteiger partial charge in [-0.3, -0.25) is 8.98 Å². The van der Waals surface area contributed by atoms with E-state index in [9.17, 15) is 23.4 Å². The number of nitrogens with one attached hydrogen (secondary N) is 1. The van der Waals surface area contributed by atoms with Gasteiger partial charge in [-0.25, -0.2) is 15.1 Å². The topological polar surface area (TPSA) is 165 Å². The summed E-state index contributed by atoms with van der Waals surface area (Å²) in [5.41, 5.74) is 0.575. The number of hydrogen-bond acceptors (Lipinski definition) is 11. The Bertz CT molecular complexity index is 1330. The molecular formula is C20H20Cl2N4O6S3. The lowest BCUT2D eigenvalue weighted by atomic mass is 10.1. The van der Waals surface area contributed by atoms with Crippen LogP contribution in [0.4, 0.5) is 5.82 Å². The number of aromatic nitrogens is 2. The van der Waals surface area contributed by atoms with Crippen molar-refractivity contribution in [3.05, 3.63) is 60.3 Å². The van der Waals surface area contributed by atoms with Crippen molar-refractivity contribution in [3.63, 3.8) is 0 Å². The predicted molar refractivity (Wildman–Crippen MR) is 133 cm³/mol. The molecule has 0 radical (unpaired) electrons. The third-order valence-electron chi connectivity index (χ3n) is 5.50. The highest BCUT2D eigenvalue weighted by atomic mass is 35.5. The minimum Gasteiger partial charge on any atom is -0.393 e. The van der Waals surface area contributed by atoms with Crippen LogP contribution in [0.25, 0.3) is 0 Å². The zero-order chi connectivity index (χ0) is 25.3. The number of halogens is 2. The molecule has 0 unspecified atom stereocenters. The van der Waals surface area contributed by atoms with Gasteiger partial charge in [0.2, 0.25) is 5.78 Å². The van der Waals surface area contributed by atoms with E-state index in [1.807, 2.05) is 0 Å². The van der Waals surface area contributed by atoms with Crippen molar-refractivity contribution in [2.75, 3.05) is 11.9 Å². The van der Waals surface area contributed by atoms with E-state index >= 15 is 0 Å². The van der Waals surface area contributed by atoms with Gasteiger partial charge in [0.05, 0.1) is 31.8 Å². The van der Waals surface area contributed by atoms with E-state index in [2.05, 4.69) is 19.5 Å². The van der Waals surface area contributed by atoms with Gasteiger partial charge in [-0.05, 0) is 31.0 Å². The van der Waals surface area contributed by atoms with E-state index in [1.54, 1.807) is 12.1 Å². The van der Waals surface area contributed by atoms with Crippen molar-refractivity contribution in [3.8, 4) is 0 Å². The largest absolute Gasteiger partial charge is 0.393 e. The molecule has 1 aliphatic rings. The minimum atomic E-state index is -4.11. The Kier molecular flexibility index (Phi) is 8.10. The van der Waals surface area contributed by atoms with Gasteiger partial charge >= 0.3 is 10.3 Å². The average molecular weight is 580 g/mol. The van der Waals surface area contributed by atoms with Gasteiger partial charge < -0.3 is 15.5 Å². The third kappa shape index (κ3) is 6.37. The second kappa shape index (κ2) is 10.7. The first-order chi connectivity index (χ1) is 16.5. The van der Waals surface area contributed by atoms with Crippen molar-refractivity contribution in [2.24, 2.45) is 11.1 Å². The molecule has 1 aliphatic carbocycles. The standard InChI is InChI=1S/C20H20Cl2N4O6S3/c21-16-2-1-14(33-16)17(28)11-5-15(34-19(11)22)18(29)12-6-24-8-25-20(12)26-10-3-9(13(27)4-10)7-32-35(23,30)31/h1-2,5-6,8-10,13,17,27-28H,3-4,7H2,(H2,23,30,31)(H,24,25,26)/t9-,10-,13+,17-/m1/s1. The maximum absolute atomic E-state index is 13.3. The summed E-state index contributed by atoms with van der Waals surface area (Å²) in [7, 11) is -4.11. The summed E-state index contributed by atoms with van der Waals surface area (Å²) in [6, 6.07) is 4.59. The minimum absolute atomic E-state index is 0.185. The molecule has 0 saturated heterocycles. The Labute approximate surface area is 219 Å². The highest BCUT2D eigenvalue weighted by molar-refractivity contribution is 7.84. The van der Waals surface area contributed by atoms with Crippen LogP contribution in [0.3, 0.4) is 0 Å². The van der Waals surface area contributed by atoms with Crippen LogP contribution >= 0.6 is 45.9 Å². The van der Waals surface area contributed by atoms with E-state index in [0.29, 0.717) is 27.6 Å². The van der Waals surface area contributed by atoms with Gasteiger partial charge in [0, 0.05) is 28.6 Å². The molecule has 3 heterocycles. The van der Waals surface area contributed by atoms with Gasteiger partial charge in [-0.2, -0.15) is 8.42 Å². The molecule has 5 N–H and O–H groups in total. The number of ketones is 1. The van der Waals surface area contributed by atoms with Crippen LogP contribution in [-0.2, 0) is 14.5 Å². The fourth-order valence-electron chi connectivity index (χ4n) is 3.83. The first kappa shape index (κ1) is 26.4. The van der Waals surface area contributed by atoms with E-state index in [0.717, 1.165) is 11.3 Å². The first-order valence-electron chi connectivity index (χ1n) is 10.2. The summed E-state index contributed by atoms with van der Waals surface area (Å²) >= 11 is 14.5. The Morgan fingerprint density at radius 3 is 2.77 bits per heavy atom. The van der Waals surface area contributed by atoms with Crippen LogP contribution in [0.15, 0.2) is 30.7 Å². The molecule has 15 heteroatoms. The summed E-state index contributed by atoms with van der Waals surface area (Å²) in [5, 5.41) is 28.9. The number of nitrogens with two attached hydrogens (primary N) is 1. The zero-order valence-corrected chi connectivity index (χ0v) is 21.8. The lowest BCUT2D eigenvalue weighted by Crippen LogP contribution is -2.24. The Hall–Kier alpha value is -1.68. The molecule has 4 rings (SSSR count). The molecule has 188 valence electrons. The summed E-state index contributed by atoms with van der Waals surface area (Å²) in [4.78, 5) is 22.3. The molecule has 0 aliphatic heterocycles. The Morgan fingerprint density at radius 1 is 1.31 bits per heavy atom. The maximum atomic E-state index is 13.3. The third-order valence-corrected chi connectivity index (χ3v) is 8.63. The van der Waals surface area contributed by atoms with E-state index < -0.39 is 34.2 Å². The van der Waals surface area contributed by atoms with Crippen molar-refractivity contribution >= 4 is 67.8 Å². The molecule has 3 aromatic rings. The quantitative estimate of drug-likeness (QED) is 0.279. The summed E-state index contributed by atoms with van der Waals surface area (Å²) in [6.07, 6.45) is 1.47. The fourth-order valence-corrected chi connectivity index (χ4v) is 6.54. The van der Waals surface area contributed by atoms with Crippen LogP contribution in [0.5, 0.6) is 0 Å². The van der Waals surface area contributed by atoms with Crippen molar-refractivity contribution in [1.82, 2.24) is 9.97 Å². The SMILES string of the molecule is NS(=O)(=O)OC[C@H]1C[C@@H](Nc2ncncc2C(=O)c2cc([C@@H](O)c3ccc(Cl)s3)c(Cl)s2)C[C@@H]1O. The number of thiophene rings is 2. The van der Waals surface area contributed by atoms with E-state index in [-0.39, 0.29) is 33.2 Å². The fraction of sp³-hybridized carbons (Fsp3) is 0.350. The van der Waals surface area contributed by atoms with E-state index in [4.69, 9.17) is 28.3 Å². The van der Waals surface area contributed by atoms with Crippen LogP contribution in [0, 0.1) is 5.92 Å². The number of aliphatic hydroxyl groups is 2. The summed E-state index contributed by atoms with van der Waals surface area (Å²) < 4.78 is 27.5. The van der Waals surface area contributed by atoms with Crippen LogP contribution < -0.4 is 10.5 Å². The number of rotatable bonds is 9. The zero-order valence-electron chi connectivity index (χ0n) is 17.8. The van der Waals surface area contributed by atoms with Gasteiger partial charge in [0.1, 0.15) is 18.2 Å². The molecule has 0 amide bonds. The van der Waals surface area contributed by atoms with Gasteiger partial charge in [-0.1, -0.05) is 23.2 Å². The van der Waals surface area contributed by atoms with Crippen LogP contribution in [0.1, 0.15) is 44.6 Å². The van der Waals surface area contributed by atoms with Crippen LogP contribution in [-0.4, -0.2) is 53.1 Å². The maximum Gasteiger partial charge on any atom is 0.333 e. The number of nitrogens with zero attached hydrogens (tertiary/aromatic N) is 2. The molecular weight excluding hydrogens is 559 g/mol. The summed E-state index contributed by atoms with van der Waals surface area (Å²) in [6.45, 7) is -0.248. The predicted octanol–water partition coefficient (Wildman–Crippen LogP) is 2.99. The molecule has 0 bridgehead atoms. The highest BCUT2D eigenvalue weighted by Crippen LogP contribution is 2.39. The number of carbonyl (C=O) groups excluding carboxylic acids is 1. The first-order valence-corrected chi connectivity index (χ1v) is 14.1. The normalized spacial score (nSPS) is 21.2. The molecule has 0 spiro atoms.